The molecule has 0 bridgehead atoms. The molecule has 0 aliphatic carbocycles. The van der Waals surface area contributed by atoms with Crippen molar-refractivity contribution >= 4 is 22.6 Å². The number of aromatic amines is 1. The third-order valence-electron chi connectivity index (χ3n) is 4.74. The Balaban J connectivity index is 1.48. The van der Waals surface area contributed by atoms with E-state index in [2.05, 4.69) is 50.4 Å². The van der Waals surface area contributed by atoms with Gasteiger partial charge in [0.25, 0.3) is 0 Å². The summed E-state index contributed by atoms with van der Waals surface area (Å²) in [5.41, 5.74) is 6.25. The Bertz CT molecular complexity index is 1180. The summed E-state index contributed by atoms with van der Waals surface area (Å²) < 4.78 is 1.79. The molecule has 132 valence electrons. The Hall–Kier alpha value is -3.54. The highest BCUT2D eigenvalue weighted by Crippen LogP contribution is 2.26. The molecule has 0 radical (unpaired) electrons. The van der Waals surface area contributed by atoms with Crippen LogP contribution in [0, 0.1) is 0 Å². The number of aromatic nitrogens is 4. The van der Waals surface area contributed by atoms with Crippen LogP contribution in [0.1, 0.15) is 11.1 Å². The minimum atomic E-state index is 0.645. The number of pyridine rings is 1. The molecule has 6 heteroatoms. The molecule has 4 aromatic rings. The summed E-state index contributed by atoms with van der Waals surface area (Å²) in [7, 11) is 1.91. The standard InChI is InChI=1S/C21H18N6/c1-27-13-16(10-25-27)15-8-18-19(12-24-20(18)22-9-15)21-23-11-17(26-21)7-14-5-3-2-4-6-14/h2-6,8-10,12-13H,7,11H2,1H3,(H,22,24). The lowest BCUT2D eigenvalue weighted by atomic mass is 10.1. The van der Waals surface area contributed by atoms with Gasteiger partial charge in [0.1, 0.15) is 5.65 Å². The van der Waals surface area contributed by atoms with Gasteiger partial charge in [-0.1, -0.05) is 30.3 Å². The van der Waals surface area contributed by atoms with Crippen molar-refractivity contribution in [3.63, 3.8) is 0 Å². The molecule has 1 aliphatic rings. The van der Waals surface area contributed by atoms with Crippen LogP contribution in [0.15, 0.2) is 71.2 Å². The van der Waals surface area contributed by atoms with E-state index < -0.39 is 0 Å². The Labute approximate surface area is 156 Å². The molecule has 0 amide bonds. The van der Waals surface area contributed by atoms with Crippen LogP contribution in [0.4, 0.5) is 0 Å². The van der Waals surface area contributed by atoms with Gasteiger partial charge in [0.15, 0.2) is 5.84 Å². The van der Waals surface area contributed by atoms with E-state index in [4.69, 9.17) is 4.99 Å². The molecule has 0 atom stereocenters. The first-order chi connectivity index (χ1) is 13.3. The zero-order valence-electron chi connectivity index (χ0n) is 14.9. The number of amidine groups is 1. The third kappa shape index (κ3) is 2.95. The Morgan fingerprint density at radius 1 is 1.11 bits per heavy atom. The van der Waals surface area contributed by atoms with E-state index in [1.807, 2.05) is 37.9 Å². The maximum absolute atomic E-state index is 4.78. The van der Waals surface area contributed by atoms with Crippen LogP contribution < -0.4 is 0 Å². The molecule has 1 aromatic carbocycles. The zero-order valence-corrected chi connectivity index (χ0v) is 14.9. The highest BCUT2D eigenvalue weighted by atomic mass is 15.2. The molecule has 6 nitrogen and oxygen atoms in total. The molecular formula is C21H18N6. The largest absolute Gasteiger partial charge is 0.345 e. The van der Waals surface area contributed by atoms with Gasteiger partial charge in [0, 0.05) is 59.8 Å². The second-order valence-electron chi connectivity index (χ2n) is 6.71. The van der Waals surface area contributed by atoms with Crippen LogP contribution in [-0.2, 0) is 13.5 Å². The Morgan fingerprint density at radius 3 is 2.81 bits per heavy atom. The van der Waals surface area contributed by atoms with Crippen LogP contribution in [0.2, 0.25) is 0 Å². The van der Waals surface area contributed by atoms with Crippen molar-refractivity contribution < 1.29 is 0 Å². The average Bonchev–Trinajstić information content (AvgIpc) is 3.41. The van der Waals surface area contributed by atoms with Crippen LogP contribution >= 0.6 is 0 Å². The smallest absolute Gasteiger partial charge is 0.157 e. The fourth-order valence-corrected chi connectivity index (χ4v) is 3.38. The number of aryl methyl sites for hydroxylation is 1. The van der Waals surface area contributed by atoms with Gasteiger partial charge in [-0.2, -0.15) is 5.10 Å². The number of aliphatic imine (C=N–C) groups is 2. The van der Waals surface area contributed by atoms with Gasteiger partial charge in [0.05, 0.1) is 12.7 Å². The molecule has 1 aliphatic heterocycles. The summed E-state index contributed by atoms with van der Waals surface area (Å²) in [5, 5.41) is 5.27. The summed E-state index contributed by atoms with van der Waals surface area (Å²) in [6, 6.07) is 12.5. The van der Waals surface area contributed by atoms with Crippen molar-refractivity contribution in [1.29, 1.82) is 0 Å². The molecule has 27 heavy (non-hydrogen) atoms. The number of fused-ring (bicyclic) bond motifs is 1. The van der Waals surface area contributed by atoms with E-state index in [1.165, 1.54) is 5.56 Å². The van der Waals surface area contributed by atoms with Crippen molar-refractivity contribution in [2.45, 2.75) is 6.42 Å². The van der Waals surface area contributed by atoms with E-state index in [9.17, 15) is 0 Å². The molecule has 0 fully saturated rings. The first-order valence-corrected chi connectivity index (χ1v) is 8.87. The zero-order chi connectivity index (χ0) is 18.2. The number of nitrogens with zero attached hydrogens (tertiary/aromatic N) is 5. The first kappa shape index (κ1) is 15.7. The van der Waals surface area contributed by atoms with Crippen molar-refractivity contribution in [3.05, 3.63) is 72.3 Å². The molecule has 4 heterocycles. The molecule has 5 rings (SSSR count). The minimum Gasteiger partial charge on any atom is -0.345 e. The van der Waals surface area contributed by atoms with Crippen LogP contribution in [0.3, 0.4) is 0 Å². The van der Waals surface area contributed by atoms with Gasteiger partial charge < -0.3 is 4.98 Å². The van der Waals surface area contributed by atoms with Gasteiger partial charge in [0.2, 0.25) is 0 Å². The maximum atomic E-state index is 4.78. The third-order valence-corrected chi connectivity index (χ3v) is 4.74. The maximum Gasteiger partial charge on any atom is 0.157 e. The molecule has 0 saturated carbocycles. The second-order valence-corrected chi connectivity index (χ2v) is 6.71. The predicted octanol–water partition coefficient (Wildman–Crippen LogP) is 3.41. The van der Waals surface area contributed by atoms with Gasteiger partial charge >= 0.3 is 0 Å². The normalized spacial score (nSPS) is 13.8. The van der Waals surface area contributed by atoms with Crippen LogP contribution in [-0.4, -0.2) is 37.8 Å². The van der Waals surface area contributed by atoms with E-state index >= 15 is 0 Å². The lowest BCUT2D eigenvalue weighted by Crippen LogP contribution is -2.03. The molecule has 3 aromatic heterocycles. The minimum absolute atomic E-state index is 0.645. The number of nitrogens with one attached hydrogen (secondary N) is 1. The first-order valence-electron chi connectivity index (χ1n) is 8.87. The molecular weight excluding hydrogens is 336 g/mol. The van der Waals surface area contributed by atoms with Gasteiger partial charge in [-0.05, 0) is 11.6 Å². The number of hydrogen-bond donors (Lipinski definition) is 1. The van der Waals surface area contributed by atoms with Crippen molar-refractivity contribution in [2.24, 2.45) is 17.0 Å². The Morgan fingerprint density at radius 2 is 2.00 bits per heavy atom. The number of hydrogen-bond acceptors (Lipinski definition) is 4. The van der Waals surface area contributed by atoms with Crippen molar-refractivity contribution in [1.82, 2.24) is 19.7 Å². The van der Waals surface area contributed by atoms with E-state index in [1.54, 1.807) is 4.68 Å². The fourth-order valence-electron chi connectivity index (χ4n) is 3.38. The van der Waals surface area contributed by atoms with Crippen molar-refractivity contribution in [2.75, 3.05) is 6.54 Å². The van der Waals surface area contributed by atoms with E-state index in [-0.39, 0.29) is 0 Å². The number of benzene rings is 1. The summed E-state index contributed by atoms with van der Waals surface area (Å²) in [4.78, 5) is 17.2. The highest BCUT2D eigenvalue weighted by Gasteiger charge is 2.17. The summed E-state index contributed by atoms with van der Waals surface area (Å²) in [5.74, 6) is 0.775. The second kappa shape index (κ2) is 6.32. The van der Waals surface area contributed by atoms with Gasteiger partial charge in [-0.15, -0.1) is 0 Å². The monoisotopic (exact) mass is 354 g/mol. The lowest BCUT2D eigenvalue weighted by Gasteiger charge is -2.00. The summed E-state index contributed by atoms with van der Waals surface area (Å²) in [6.45, 7) is 0.645. The fraction of sp³-hybridized carbons (Fsp3) is 0.143. The van der Waals surface area contributed by atoms with Crippen LogP contribution in [0.25, 0.3) is 22.2 Å². The lowest BCUT2D eigenvalue weighted by molar-refractivity contribution is 0.768. The topological polar surface area (TPSA) is 71.2 Å². The number of rotatable bonds is 4. The van der Waals surface area contributed by atoms with E-state index in [0.29, 0.717) is 6.54 Å². The molecule has 1 N–H and O–H groups in total. The quantitative estimate of drug-likeness (QED) is 0.610. The average molecular weight is 354 g/mol. The van der Waals surface area contributed by atoms with Gasteiger partial charge in [-0.3, -0.25) is 9.67 Å². The summed E-state index contributed by atoms with van der Waals surface area (Å²) >= 11 is 0. The SMILES string of the molecule is Cn1cc(-c2cnc3[nH]cc(C4=NCC(Cc5ccccc5)=N4)c3c2)cn1. The van der Waals surface area contributed by atoms with Crippen LogP contribution in [0.5, 0.6) is 0 Å². The molecule has 0 unspecified atom stereocenters. The predicted molar refractivity (Wildman–Crippen MR) is 107 cm³/mol. The van der Waals surface area contributed by atoms with Crippen molar-refractivity contribution in [3.8, 4) is 11.1 Å². The summed E-state index contributed by atoms with van der Waals surface area (Å²) in [6.07, 6.45) is 8.46. The molecule has 0 saturated heterocycles. The Kier molecular flexibility index (Phi) is 3.67. The van der Waals surface area contributed by atoms with Gasteiger partial charge in [-0.25, -0.2) is 9.98 Å². The highest BCUT2D eigenvalue weighted by molar-refractivity contribution is 6.17. The van der Waals surface area contributed by atoms with E-state index in [0.717, 1.165) is 45.7 Å². The molecule has 0 spiro atoms. The number of H-pyrrole nitrogens is 1.